The van der Waals surface area contributed by atoms with E-state index >= 15 is 0 Å². The highest BCUT2D eigenvalue weighted by molar-refractivity contribution is 5.85. The van der Waals surface area contributed by atoms with Crippen LogP contribution in [0, 0.1) is 0 Å². The molecule has 0 aromatic heterocycles. The van der Waals surface area contributed by atoms with Crippen LogP contribution < -0.4 is 11.1 Å². The van der Waals surface area contributed by atoms with E-state index in [4.69, 9.17) is 10.5 Å². The lowest BCUT2D eigenvalue weighted by molar-refractivity contribution is -0.123. The molecule has 2 aliphatic rings. The Balaban J connectivity index is 0.00000192. The van der Waals surface area contributed by atoms with Crippen LogP contribution in [0.3, 0.4) is 0 Å². The predicted molar refractivity (Wildman–Crippen MR) is 94.7 cm³/mol. The number of anilines is 1. The van der Waals surface area contributed by atoms with Gasteiger partial charge in [-0.3, -0.25) is 4.79 Å². The number of amides is 1. The summed E-state index contributed by atoms with van der Waals surface area (Å²) in [5.74, 6) is 0.142. The molecule has 1 aliphatic carbocycles. The summed E-state index contributed by atoms with van der Waals surface area (Å²) in [6.45, 7) is 0.851. The molecule has 2 unspecified atom stereocenters. The molecule has 128 valence electrons. The highest BCUT2D eigenvalue weighted by atomic mass is 35.5. The first-order chi connectivity index (χ1) is 10.7. The zero-order valence-electron chi connectivity index (χ0n) is 13.6. The van der Waals surface area contributed by atoms with Gasteiger partial charge in [0.15, 0.2) is 0 Å². The highest BCUT2D eigenvalue weighted by Gasteiger charge is 2.22. The number of nitrogens with two attached hydrogens (primary N) is 1. The molecule has 1 heterocycles. The Labute approximate surface area is 144 Å². The number of hydrogen-bond donors (Lipinski definition) is 2. The normalized spacial score (nSPS) is 23.5. The molecule has 1 aliphatic heterocycles. The van der Waals surface area contributed by atoms with Gasteiger partial charge >= 0.3 is 0 Å². The zero-order valence-corrected chi connectivity index (χ0v) is 14.4. The van der Waals surface area contributed by atoms with E-state index in [0.717, 1.165) is 50.8 Å². The van der Waals surface area contributed by atoms with Gasteiger partial charge in [0.05, 0.1) is 12.1 Å². The van der Waals surface area contributed by atoms with Crippen molar-refractivity contribution in [2.45, 2.75) is 63.5 Å². The number of carbonyl (C=O) groups is 1. The van der Waals surface area contributed by atoms with E-state index < -0.39 is 0 Å². The van der Waals surface area contributed by atoms with Crippen LogP contribution in [0.25, 0.3) is 0 Å². The minimum atomic E-state index is 0. The second kappa shape index (κ2) is 8.55. The second-order valence-electron chi connectivity index (χ2n) is 6.50. The molecule has 0 spiro atoms. The summed E-state index contributed by atoms with van der Waals surface area (Å²) in [4.78, 5) is 12.2. The van der Waals surface area contributed by atoms with Crippen LogP contribution >= 0.6 is 12.4 Å². The van der Waals surface area contributed by atoms with Gasteiger partial charge in [0.2, 0.25) is 5.91 Å². The van der Waals surface area contributed by atoms with Crippen LogP contribution in [0.4, 0.5) is 5.69 Å². The van der Waals surface area contributed by atoms with E-state index in [1.165, 1.54) is 17.5 Å². The maximum absolute atomic E-state index is 12.2. The summed E-state index contributed by atoms with van der Waals surface area (Å²) < 4.78 is 5.69. The van der Waals surface area contributed by atoms with Gasteiger partial charge in [-0.25, -0.2) is 0 Å². The number of nitrogens with one attached hydrogen (secondary N) is 1. The van der Waals surface area contributed by atoms with Crippen molar-refractivity contribution in [1.29, 1.82) is 0 Å². The summed E-state index contributed by atoms with van der Waals surface area (Å²) in [6.07, 6.45) is 8.34. The van der Waals surface area contributed by atoms with E-state index in [2.05, 4.69) is 11.4 Å². The third kappa shape index (κ3) is 4.85. The zero-order chi connectivity index (χ0) is 15.4. The lowest BCUT2D eigenvalue weighted by Gasteiger charge is -2.27. The maximum Gasteiger partial charge on any atom is 0.220 e. The number of benzene rings is 1. The van der Waals surface area contributed by atoms with Crippen molar-refractivity contribution in [3.63, 3.8) is 0 Å². The molecule has 4 nitrogen and oxygen atoms in total. The van der Waals surface area contributed by atoms with E-state index in [1.54, 1.807) is 0 Å². The molecule has 23 heavy (non-hydrogen) atoms. The number of rotatable bonds is 4. The molecule has 2 atom stereocenters. The van der Waals surface area contributed by atoms with Gasteiger partial charge in [0.25, 0.3) is 0 Å². The molecule has 1 fully saturated rings. The van der Waals surface area contributed by atoms with E-state index in [1.807, 2.05) is 12.1 Å². The van der Waals surface area contributed by atoms with Crippen LogP contribution in [0.1, 0.15) is 62.1 Å². The smallest absolute Gasteiger partial charge is 0.220 e. The number of hydrogen-bond acceptors (Lipinski definition) is 3. The molecular formula is C18H27ClN2O2. The molecule has 5 heteroatoms. The van der Waals surface area contributed by atoms with Gasteiger partial charge in [0, 0.05) is 18.7 Å². The number of fused-ring (bicyclic) bond motifs is 1. The van der Waals surface area contributed by atoms with Crippen molar-refractivity contribution in [1.82, 2.24) is 5.32 Å². The number of carbonyl (C=O) groups excluding carboxylic acids is 1. The fraction of sp³-hybridized carbons (Fsp3) is 0.611. The molecule has 0 bridgehead atoms. The van der Waals surface area contributed by atoms with Crippen molar-refractivity contribution in [3.05, 3.63) is 29.3 Å². The first-order valence-corrected chi connectivity index (χ1v) is 8.51. The molecular weight excluding hydrogens is 312 g/mol. The molecule has 0 radical (unpaired) electrons. The Hall–Kier alpha value is -1.26. The van der Waals surface area contributed by atoms with Crippen molar-refractivity contribution in [2.24, 2.45) is 0 Å². The first kappa shape index (κ1) is 18.1. The summed E-state index contributed by atoms with van der Waals surface area (Å²) in [5, 5.41) is 3.20. The van der Waals surface area contributed by atoms with Crippen molar-refractivity contribution >= 4 is 24.0 Å². The molecule has 3 N–H and O–H groups in total. The van der Waals surface area contributed by atoms with E-state index in [9.17, 15) is 4.79 Å². The predicted octanol–water partition coefficient (Wildman–Crippen LogP) is 3.53. The van der Waals surface area contributed by atoms with Crippen LogP contribution in [0.2, 0.25) is 0 Å². The number of ether oxygens (including phenoxy) is 1. The van der Waals surface area contributed by atoms with Crippen LogP contribution in [-0.2, 0) is 16.0 Å². The van der Waals surface area contributed by atoms with Crippen molar-refractivity contribution in [2.75, 3.05) is 12.3 Å². The SMILES string of the molecule is Cl.Nc1ccc2c(c1)CCCC2NC(=O)CCC1CCCCO1. The lowest BCUT2D eigenvalue weighted by Crippen LogP contribution is -2.32. The minimum Gasteiger partial charge on any atom is -0.399 e. The largest absolute Gasteiger partial charge is 0.399 e. The Kier molecular flexibility index (Phi) is 6.72. The average molecular weight is 339 g/mol. The third-order valence-electron chi connectivity index (χ3n) is 4.78. The number of halogens is 1. The molecule has 1 saturated heterocycles. The van der Waals surface area contributed by atoms with Gasteiger partial charge in [-0.15, -0.1) is 12.4 Å². The second-order valence-corrected chi connectivity index (χ2v) is 6.50. The van der Waals surface area contributed by atoms with Crippen LogP contribution in [0.15, 0.2) is 18.2 Å². The third-order valence-corrected chi connectivity index (χ3v) is 4.78. The van der Waals surface area contributed by atoms with Crippen molar-refractivity contribution < 1.29 is 9.53 Å². The average Bonchev–Trinajstić information content (AvgIpc) is 2.54. The molecule has 0 saturated carbocycles. The topological polar surface area (TPSA) is 64.3 Å². The van der Waals surface area contributed by atoms with Gasteiger partial charge in [-0.1, -0.05) is 6.07 Å². The van der Waals surface area contributed by atoms with Gasteiger partial charge in [-0.2, -0.15) is 0 Å². The van der Waals surface area contributed by atoms with E-state index in [-0.39, 0.29) is 30.5 Å². The Morgan fingerprint density at radius 1 is 1.26 bits per heavy atom. The van der Waals surface area contributed by atoms with E-state index in [0.29, 0.717) is 6.42 Å². The molecule has 1 amide bonds. The monoisotopic (exact) mass is 338 g/mol. The fourth-order valence-electron chi connectivity index (χ4n) is 3.58. The number of aryl methyl sites for hydroxylation is 1. The van der Waals surface area contributed by atoms with Crippen LogP contribution in [-0.4, -0.2) is 18.6 Å². The standard InChI is InChI=1S/C18H26N2O2.ClH/c19-14-7-9-16-13(12-14)4-3-6-17(16)20-18(21)10-8-15-5-1-2-11-22-15;/h7,9,12,15,17H,1-6,8,10-11,19H2,(H,20,21);1H. The molecule has 3 rings (SSSR count). The quantitative estimate of drug-likeness (QED) is 0.825. The summed E-state index contributed by atoms with van der Waals surface area (Å²) >= 11 is 0. The van der Waals surface area contributed by atoms with Gasteiger partial charge in [0.1, 0.15) is 0 Å². The Bertz CT molecular complexity index is 530. The number of nitrogen functional groups attached to an aromatic ring is 1. The minimum absolute atomic E-state index is 0. The Morgan fingerprint density at radius 2 is 2.13 bits per heavy atom. The van der Waals surface area contributed by atoms with Crippen molar-refractivity contribution in [3.8, 4) is 0 Å². The lowest BCUT2D eigenvalue weighted by atomic mass is 9.87. The first-order valence-electron chi connectivity index (χ1n) is 8.51. The van der Waals surface area contributed by atoms with Gasteiger partial charge < -0.3 is 15.8 Å². The maximum atomic E-state index is 12.2. The summed E-state index contributed by atoms with van der Waals surface area (Å²) in [6, 6.07) is 6.19. The van der Waals surface area contributed by atoms with Crippen LogP contribution in [0.5, 0.6) is 0 Å². The summed E-state index contributed by atoms with van der Waals surface area (Å²) in [7, 11) is 0. The summed E-state index contributed by atoms with van der Waals surface area (Å²) in [5.41, 5.74) is 9.19. The van der Waals surface area contributed by atoms with Gasteiger partial charge in [-0.05, 0) is 68.2 Å². The molecule has 1 aromatic rings. The molecule has 1 aromatic carbocycles. The highest BCUT2D eigenvalue weighted by Crippen LogP contribution is 2.31. The Morgan fingerprint density at radius 3 is 2.91 bits per heavy atom. The fourth-order valence-corrected chi connectivity index (χ4v) is 3.58.